The van der Waals surface area contributed by atoms with Gasteiger partial charge in [-0.25, -0.2) is 4.79 Å². The van der Waals surface area contributed by atoms with Crippen molar-refractivity contribution >= 4 is 35.3 Å². The average molecular weight is 623 g/mol. The summed E-state index contributed by atoms with van der Waals surface area (Å²) in [5, 5.41) is 34.0. The molecule has 1 saturated heterocycles. The quantitative estimate of drug-likeness (QED) is 0.211. The van der Waals surface area contributed by atoms with Crippen LogP contribution in [0.15, 0.2) is 54.6 Å². The van der Waals surface area contributed by atoms with Gasteiger partial charge in [-0.05, 0) is 49.4 Å². The molecule has 2 aliphatic rings. The van der Waals surface area contributed by atoms with Crippen LogP contribution in [-0.4, -0.2) is 74.7 Å². The number of amides is 4. The van der Waals surface area contributed by atoms with Crippen molar-refractivity contribution in [3.63, 3.8) is 0 Å². The van der Waals surface area contributed by atoms with Crippen LogP contribution >= 0.6 is 0 Å². The highest BCUT2D eigenvalue weighted by atomic mass is 16.5. The van der Waals surface area contributed by atoms with Crippen molar-refractivity contribution in [3.8, 4) is 0 Å². The van der Waals surface area contributed by atoms with E-state index in [1.54, 1.807) is 43.3 Å². The number of carboxylic acids is 1. The molecule has 1 heterocycles. The van der Waals surface area contributed by atoms with Crippen LogP contribution in [0.2, 0.25) is 0 Å². The number of aliphatic hydroxyl groups excluding tert-OH is 1. The zero-order chi connectivity index (χ0) is 32.7. The highest BCUT2D eigenvalue weighted by molar-refractivity contribution is 6.03. The van der Waals surface area contributed by atoms with Gasteiger partial charge in [0, 0.05) is 38.4 Å². The number of rotatable bonds is 13. The first-order valence-corrected chi connectivity index (χ1v) is 15.4. The van der Waals surface area contributed by atoms with Crippen molar-refractivity contribution in [1.29, 1.82) is 0 Å². The molecule has 2 aromatic rings. The van der Waals surface area contributed by atoms with E-state index in [1.807, 2.05) is 18.2 Å². The number of nitrogens with zero attached hydrogens (tertiary/aromatic N) is 2. The van der Waals surface area contributed by atoms with Crippen molar-refractivity contribution in [2.24, 2.45) is 5.41 Å². The average Bonchev–Trinajstić information content (AvgIpc) is 3.59. The second-order valence-corrected chi connectivity index (χ2v) is 11.9. The Morgan fingerprint density at radius 1 is 1.00 bits per heavy atom. The third-order valence-corrected chi connectivity index (χ3v) is 8.80. The highest BCUT2D eigenvalue weighted by Gasteiger charge is 2.47. The fourth-order valence-electron chi connectivity index (χ4n) is 6.37. The van der Waals surface area contributed by atoms with E-state index in [4.69, 9.17) is 0 Å². The second-order valence-electron chi connectivity index (χ2n) is 11.9. The summed E-state index contributed by atoms with van der Waals surface area (Å²) in [7, 11) is 0. The minimum Gasteiger partial charge on any atom is -0.480 e. The zero-order valence-corrected chi connectivity index (χ0v) is 25.6. The maximum atomic E-state index is 13.6. The molecule has 2 aromatic carbocycles. The number of nitrogens with one attached hydrogen (secondary N) is 2. The first-order chi connectivity index (χ1) is 21.4. The van der Waals surface area contributed by atoms with Gasteiger partial charge in [-0.3, -0.25) is 24.1 Å². The van der Waals surface area contributed by atoms with E-state index in [9.17, 15) is 39.3 Å². The first kappa shape index (κ1) is 33.6. The molecule has 242 valence electrons. The summed E-state index contributed by atoms with van der Waals surface area (Å²) in [6.07, 6.45) is 0.700. The molecule has 1 aliphatic heterocycles. The molecule has 3 unspecified atom stereocenters. The summed E-state index contributed by atoms with van der Waals surface area (Å²) in [5.74, 6) is -2.38. The van der Waals surface area contributed by atoms with Gasteiger partial charge in [-0.1, -0.05) is 55.3 Å². The molecule has 45 heavy (non-hydrogen) atoms. The monoisotopic (exact) mass is 622 g/mol. The number of hydrogen-bond donors (Lipinski definition) is 5. The molecule has 12 nitrogen and oxygen atoms in total. The van der Waals surface area contributed by atoms with E-state index >= 15 is 0 Å². The van der Waals surface area contributed by atoms with Gasteiger partial charge in [0.25, 0.3) is 5.91 Å². The summed E-state index contributed by atoms with van der Waals surface area (Å²) < 4.78 is 0. The van der Waals surface area contributed by atoms with Gasteiger partial charge >= 0.3 is 5.97 Å². The van der Waals surface area contributed by atoms with Gasteiger partial charge in [0.15, 0.2) is 6.29 Å². The molecule has 0 aromatic heterocycles. The lowest BCUT2D eigenvalue weighted by Gasteiger charge is -2.31. The fraction of sp³-hybridized carbons (Fsp3) is 0.485. The summed E-state index contributed by atoms with van der Waals surface area (Å²) in [6.45, 7) is 3.38. The van der Waals surface area contributed by atoms with Gasteiger partial charge in [-0.15, -0.1) is 0 Å². The highest BCUT2D eigenvalue weighted by Crippen LogP contribution is 2.42. The SMILES string of the molecule is CC(=O)NCCC1(C(=O)NC(Cc2ccc(N3C(=O)C(C)N(C(=O)CCC(O)O)C3c3ccccc3)cc2)C(=O)O)CCCC1. The van der Waals surface area contributed by atoms with Gasteiger partial charge < -0.3 is 30.9 Å². The van der Waals surface area contributed by atoms with Gasteiger partial charge in [0.1, 0.15) is 18.2 Å². The molecule has 4 rings (SSSR count). The Morgan fingerprint density at radius 3 is 2.22 bits per heavy atom. The lowest BCUT2D eigenvalue weighted by molar-refractivity contribution is -0.144. The number of aliphatic hydroxyl groups is 2. The third-order valence-electron chi connectivity index (χ3n) is 8.80. The van der Waals surface area contributed by atoms with Crippen LogP contribution in [0, 0.1) is 5.41 Å². The number of anilines is 1. The minimum absolute atomic E-state index is 0.0175. The lowest BCUT2D eigenvalue weighted by atomic mass is 9.81. The van der Waals surface area contributed by atoms with Crippen molar-refractivity contribution in [3.05, 3.63) is 65.7 Å². The van der Waals surface area contributed by atoms with E-state index in [-0.39, 0.29) is 37.0 Å². The topological polar surface area (TPSA) is 177 Å². The van der Waals surface area contributed by atoms with Crippen molar-refractivity contribution in [1.82, 2.24) is 15.5 Å². The molecule has 0 radical (unpaired) electrons. The maximum Gasteiger partial charge on any atom is 0.326 e. The van der Waals surface area contributed by atoms with Crippen LogP contribution in [0.25, 0.3) is 0 Å². The number of hydrogen-bond acceptors (Lipinski definition) is 7. The van der Waals surface area contributed by atoms with Crippen molar-refractivity contribution in [2.75, 3.05) is 11.4 Å². The van der Waals surface area contributed by atoms with E-state index < -0.39 is 41.8 Å². The molecule has 2 fully saturated rings. The molecule has 0 bridgehead atoms. The van der Waals surface area contributed by atoms with E-state index in [1.165, 1.54) is 16.7 Å². The number of benzene rings is 2. The molecule has 1 aliphatic carbocycles. The Morgan fingerprint density at radius 2 is 1.64 bits per heavy atom. The van der Waals surface area contributed by atoms with Crippen LogP contribution in [0.5, 0.6) is 0 Å². The number of carbonyl (C=O) groups is 5. The molecule has 12 heteroatoms. The van der Waals surface area contributed by atoms with E-state index in [0.717, 1.165) is 12.8 Å². The zero-order valence-electron chi connectivity index (χ0n) is 25.6. The molecule has 4 amide bonds. The minimum atomic E-state index is -1.65. The van der Waals surface area contributed by atoms with Gasteiger partial charge in [-0.2, -0.15) is 0 Å². The smallest absolute Gasteiger partial charge is 0.326 e. The number of carbonyl (C=O) groups excluding carboxylic acids is 4. The van der Waals surface area contributed by atoms with Crippen LogP contribution < -0.4 is 15.5 Å². The third kappa shape index (κ3) is 7.87. The Kier molecular flexibility index (Phi) is 10.9. The molecule has 1 saturated carbocycles. The van der Waals surface area contributed by atoms with Crippen LogP contribution in [0.3, 0.4) is 0 Å². The van der Waals surface area contributed by atoms with E-state index in [2.05, 4.69) is 10.6 Å². The normalized spacial score (nSPS) is 19.9. The molecular formula is C33H42N4O8. The van der Waals surface area contributed by atoms with Gasteiger partial charge in [0.05, 0.1) is 5.41 Å². The summed E-state index contributed by atoms with van der Waals surface area (Å²) in [4.78, 5) is 66.7. The number of carboxylic acid groups (broad SMARTS) is 1. The van der Waals surface area contributed by atoms with Crippen LogP contribution in [-0.2, 0) is 30.4 Å². The Labute approximate surface area is 262 Å². The summed E-state index contributed by atoms with van der Waals surface area (Å²) in [6, 6.07) is 13.9. The predicted molar refractivity (Wildman–Crippen MR) is 164 cm³/mol. The Hall–Kier alpha value is -4.29. The molecule has 5 N–H and O–H groups in total. The molecular weight excluding hydrogens is 580 g/mol. The standard InChI is InChI=1S/C33H42N4O8/c1-21-30(42)37(29(24-8-4-3-5-9-24)36(21)27(39)14-15-28(40)41)25-12-10-23(11-13-25)20-26(31(43)44)35-32(45)33(16-6-7-17-33)18-19-34-22(2)38/h3-5,8-13,21,26,28-29,40-41H,6-7,14-20H2,1-2H3,(H,34,38)(H,35,45)(H,43,44). The largest absolute Gasteiger partial charge is 0.480 e. The van der Waals surface area contributed by atoms with Crippen LogP contribution in [0.4, 0.5) is 5.69 Å². The molecule has 0 spiro atoms. The molecule has 3 atom stereocenters. The van der Waals surface area contributed by atoms with Crippen molar-refractivity contribution < 1.29 is 39.3 Å². The lowest BCUT2D eigenvalue weighted by Crippen LogP contribution is -2.49. The second kappa shape index (κ2) is 14.7. The van der Waals surface area contributed by atoms with Crippen molar-refractivity contribution in [2.45, 2.75) is 89.8 Å². The Balaban J connectivity index is 1.53. The summed E-state index contributed by atoms with van der Waals surface area (Å²) in [5.41, 5.74) is 1.11. The van der Waals surface area contributed by atoms with Crippen LogP contribution in [0.1, 0.15) is 76.1 Å². The predicted octanol–water partition coefficient (Wildman–Crippen LogP) is 2.24. The first-order valence-electron chi connectivity index (χ1n) is 15.4. The Bertz CT molecular complexity index is 1370. The number of aliphatic carboxylic acids is 1. The van der Waals surface area contributed by atoms with E-state index in [0.29, 0.717) is 42.6 Å². The maximum absolute atomic E-state index is 13.6. The van der Waals surface area contributed by atoms with Gasteiger partial charge in [0.2, 0.25) is 17.7 Å². The summed E-state index contributed by atoms with van der Waals surface area (Å²) >= 11 is 0. The fourth-order valence-corrected chi connectivity index (χ4v) is 6.37.